The Labute approximate surface area is 158 Å². The van der Waals surface area contributed by atoms with E-state index in [0.29, 0.717) is 35.7 Å². The van der Waals surface area contributed by atoms with Gasteiger partial charge in [0.15, 0.2) is 0 Å². The lowest BCUT2D eigenvalue weighted by Gasteiger charge is -2.12. The van der Waals surface area contributed by atoms with E-state index in [-0.39, 0.29) is 17.9 Å². The highest BCUT2D eigenvalue weighted by Crippen LogP contribution is 2.20. The van der Waals surface area contributed by atoms with E-state index in [1.165, 1.54) is 0 Å². The van der Waals surface area contributed by atoms with E-state index < -0.39 is 0 Å². The Morgan fingerprint density at radius 2 is 2.00 bits per heavy atom. The molecule has 3 rings (SSSR count). The number of para-hydroxylation sites is 1. The molecule has 0 saturated carbocycles. The van der Waals surface area contributed by atoms with Crippen LogP contribution in [-0.4, -0.2) is 37.7 Å². The Morgan fingerprint density at radius 1 is 1.15 bits per heavy atom. The van der Waals surface area contributed by atoms with Crippen molar-refractivity contribution in [3.8, 4) is 5.75 Å². The molecule has 2 amide bonds. The van der Waals surface area contributed by atoms with Gasteiger partial charge in [0.25, 0.3) is 11.8 Å². The summed E-state index contributed by atoms with van der Waals surface area (Å²) in [5.41, 5.74) is 1.49. The van der Waals surface area contributed by atoms with Gasteiger partial charge in [0.1, 0.15) is 5.75 Å². The van der Waals surface area contributed by atoms with Gasteiger partial charge in [-0.1, -0.05) is 18.2 Å². The molecule has 2 N–H and O–H groups in total. The quantitative estimate of drug-likeness (QED) is 0.787. The summed E-state index contributed by atoms with van der Waals surface area (Å²) in [6.07, 6.45) is 2.09. The van der Waals surface area contributed by atoms with Crippen LogP contribution in [0.3, 0.4) is 0 Å². The summed E-state index contributed by atoms with van der Waals surface area (Å²) in [6, 6.07) is 13.9. The summed E-state index contributed by atoms with van der Waals surface area (Å²) in [5, 5.41) is 5.71. The SMILES string of the molecule is CCOc1ccccc1C(=O)Nc1cccc(C(=O)NCC2CCCO2)c1. The molecule has 6 heteroatoms. The number of carbonyl (C=O) groups excluding carboxylic acids is 2. The number of hydrogen-bond acceptors (Lipinski definition) is 4. The third kappa shape index (κ3) is 5.08. The fraction of sp³-hybridized carbons (Fsp3) is 0.333. The van der Waals surface area contributed by atoms with Crippen LogP contribution in [0.25, 0.3) is 0 Å². The molecular weight excluding hydrogens is 344 g/mol. The van der Waals surface area contributed by atoms with E-state index in [0.717, 1.165) is 19.4 Å². The lowest BCUT2D eigenvalue weighted by Crippen LogP contribution is -2.31. The number of ether oxygens (including phenoxy) is 2. The smallest absolute Gasteiger partial charge is 0.259 e. The normalized spacial score (nSPS) is 16.0. The summed E-state index contributed by atoms with van der Waals surface area (Å²) >= 11 is 0. The zero-order valence-corrected chi connectivity index (χ0v) is 15.4. The van der Waals surface area contributed by atoms with Crippen LogP contribution in [0.4, 0.5) is 5.69 Å². The molecule has 6 nitrogen and oxygen atoms in total. The van der Waals surface area contributed by atoms with Gasteiger partial charge in [0.2, 0.25) is 0 Å². The molecule has 27 heavy (non-hydrogen) atoms. The molecule has 0 aromatic heterocycles. The van der Waals surface area contributed by atoms with Crippen molar-refractivity contribution in [2.75, 3.05) is 25.1 Å². The van der Waals surface area contributed by atoms with Crippen LogP contribution < -0.4 is 15.4 Å². The van der Waals surface area contributed by atoms with Gasteiger partial charge < -0.3 is 20.1 Å². The van der Waals surface area contributed by atoms with Crippen molar-refractivity contribution in [2.24, 2.45) is 0 Å². The minimum Gasteiger partial charge on any atom is -0.493 e. The molecule has 1 heterocycles. The molecule has 1 aliphatic heterocycles. The first-order valence-electron chi connectivity index (χ1n) is 9.20. The summed E-state index contributed by atoms with van der Waals surface area (Å²) in [4.78, 5) is 24.9. The second-order valence-electron chi connectivity index (χ2n) is 6.31. The van der Waals surface area contributed by atoms with Crippen LogP contribution in [0.2, 0.25) is 0 Å². The summed E-state index contributed by atoms with van der Waals surface area (Å²) < 4.78 is 11.0. The number of nitrogens with one attached hydrogen (secondary N) is 2. The van der Waals surface area contributed by atoms with Gasteiger partial charge in [0.05, 0.1) is 18.3 Å². The van der Waals surface area contributed by atoms with E-state index >= 15 is 0 Å². The van der Waals surface area contributed by atoms with Crippen molar-refractivity contribution in [1.29, 1.82) is 0 Å². The molecule has 142 valence electrons. The average molecular weight is 368 g/mol. The lowest BCUT2D eigenvalue weighted by atomic mass is 10.1. The molecular formula is C21H24N2O4. The highest BCUT2D eigenvalue weighted by molar-refractivity contribution is 6.06. The largest absolute Gasteiger partial charge is 0.493 e. The molecule has 0 bridgehead atoms. The van der Waals surface area contributed by atoms with Crippen LogP contribution in [0.1, 0.15) is 40.5 Å². The van der Waals surface area contributed by atoms with Crippen molar-refractivity contribution >= 4 is 17.5 Å². The van der Waals surface area contributed by atoms with E-state index in [9.17, 15) is 9.59 Å². The Hall–Kier alpha value is -2.86. The Morgan fingerprint density at radius 3 is 2.78 bits per heavy atom. The summed E-state index contributed by atoms with van der Waals surface area (Å²) in [5.74, 6) is 0.0650. The van der Waals surface area contributed by atoms with Crippen molar-refractivity contribution in [3.05, 3.63) is 59.7 Å². The van der Waals surface area contributed by atoms with Gasteiger partial charge in [-0.05, 0) is 50.1 Å². The maximum atomic E-state index is 12.6. The Kier molecular flexibility index (Phi) is 6.44. The minimum atomic E-state index is -0.282. The van der Waals surface area contributed by atoms with E-state index in [2.05, 4.69) is 10.6 Å². The molecule has 0 aliphatic carbocycles. The van der Waals surface area contributed by atoms with Gasteiger partial charge in [-0.15, -0.1) is 0 Å². The average Bonchev–Trinajstić information content (AvgIpc) is 3.20. The molecule has 0 spiro atoms. The number of benzene rings is 2. The van der Waals surface area contributed by atoms with Crippen LogP contribution in [-0.2, 0) is 4.74 Å². The van der Waals surface area contributed by atoms with E-state index in [4.69, 9.17) is 9.47 Å². The minimum absolute atomic E-state index is 0.0897. The molecule has 1 atom stereocenters. The Balaban J connectivity index is 1.64. The first kappa shape index (κ1) is 18.9. The van der Waals surface area contributed by atoms with Crippen molar-refractivity contribution in [3.63, 3.8) is 0 Å². The standard InChI is InChI=1S/C21H24N2O4/c1-2-26-19-11-4-3-10-18(19)21(25)23-16-8-5-7-15(13-16)20(24)22-14-17-9-6-12-27-17/h3-5,7-8,10-11,13,17H,2,6,9,12,14H2,1H3,(H,22,24)(H,23,25). The maximum absolute atomic E-state index is 12.6. The van der Waals surface area contributed by atoms with Crippen molar-refractivity contribution in [2.45, 2.75) is 25.9 Å². The topological polar surface area (TPSA) is 76.7 Å². The molecule has 2 aromatic carbocycles. The van der Waals surface area contributed by atoms with E-state index in [1.54, 1.807) is 42.5 Å². The zero-order valence-electron chi connectivity index (χ0n) is 15.4. The number of amides is 2. The highest BCUT2D eigenvalue weighted by atomic mass is 16.5. The number of carbonyl (C=O) groups is 2. The fourth-order valence-electron chi connectivity index (χ4n) is 2.99. The van der Waals surface area contributed by atoms with Crippen LogP contribution >= 0.6 is 0 Å². The molecule has 1 aliphatic rings. The Bertz CT molecular complexity index is 800. The fourth-order valence-corrected chi connectivity index (χ4v) is 2.99. The van der Waals surface area contributed by atoms with Crippen LogP contribution in [0.5, 0.6) is 5.75 Å². The summed E-state index contributed by atoms with van der Waals surface area (Å²) in [7, 11) is 0. The van der Waals surface area contributed by atoms with Crippen molar-refractivity contribution < 1.29 is 19.1 Å². The second-order valence-corrected chi connectivity index (χ2v) is 6.31. The number of rotatable bonds is 7. The van der Waals surface area contributed by atoms with E-state index in [1.807, 2.05) is 13.0 Å². The van der Waals surface area contributed by atoms with Gasteiger partial charge in [-0.3, -0.25) is 9.59 Å². The predicted octanol–water partition coefficient (Wildman–Crippen LogP) is 3.25. The van der Waals surface area contributed by atoms with Crippen LogP contribution in [0.15, 0.2) is 48.5 Å². The van der Waals surface area contributed by atoms with Crippen LogP contribution in [0, 0.1) is 0 Å². The monoisotopic (exact) mass is 368 g/mol. The molecule has 1 saturated heterocycles. The summed E-state index contributed by atoms with van der Waals surface area (Å²) in [6.45, 7) is 3.60. The van der Waals surface area contributed by atoms with Gasteiger partial charge in [0, 0.05) is 24.4 Å². The number of hydrogen-bond donors (Lipinski definition) is 2. The molecule has 2 aromatic rings. The third-order valence-electron chi connectivity index (χ3n) is 4.33. The predicted molar refractivity (Wildman–Crippen MR) is 103 cm³/mol. The number of anilines is 1. The molecule has 0 radical (unpaired) electrons. The second kappa shape index (κ2) is 9.19. The molecule has 1 fully saturated rings. The third-order valence-corrected chi connectivity index (χ3v) is 4.33. The lowest BCUT2D eigenvalue weighted by molar-refractivity contribution is 0.0857. The molecule has 1 unspecified atom stereocenters. The maximum Gasteiger partial charge on any atom is 0.259 e. The first-order valence-corrected chi connectivity index (χ1v) is 9.20. The highest BCUT2D eigenvalue weighted by Gasteiger charge is 2.17. The van der Waals surface area contributed by atoms with Gasteiger partial charge in [-0.2, -0.15) is 0 Å². The zero-order chi connectivity index (χ0) is 19.1. The first-order chi connectivity index (χ1) is 13.2. The van der Waals surface area contributed by atoms with Crippen molar-refractivity contribution in [1.82, 2.24) is 5.32 Å². The van der Waals surface area contributed by atoms with Gasteiger partial charge >= 0.3 is 0 Å². The van der Waals surface area contributed by atoms with Gasteiger partial charge in [-0.25, -0.2) is 0 Å².